The molecule has 0 amide bonds. The zero-order valence-electron chi connectivity index (χ0n) is 11.8. The summed E-state index contributed by atoms with van der Waals surface area (Å²) in [5.74, 6) is 2.69. The van der Waals surface area contributed by atoms with Crippen molar-refractivity contribution in [1.29, 1.82) is 0 Å². The van der Waals surface area contributed by atoms with Crippen LogP contribution in [0.15, 0.2) is 12.4 Å². The van der Waals surface area contributed by atoms with E-state index in [1.165, 1.54) is 19.5 Å². The molecule has 3 unspecified atom stereocenters. The molecule has 1 fully saturated rings. The van der Waals surface area contributed by atoms with Gasteiger partial charge in [-0.15, -0.1) is 0 Å². The molecule has 0 saturated carbocycles. The van der Waals surface area contributed by atoms with Gasteiger partial charge in [-0.25, -0.2) is 4.98 Å². The molecule has 0 aliphatic carbocycles. The molecule has 2 N–H and O–H groups in total. The van der Waals surface area contributed by atoms with Crippen LogP contribution in [0, 0.1) is 11.8 Å². The van der Waals surface area contributed by atoms with Crippen LogP contribution in [-0.4, -0.2) is 40.5 Å². The van der Waals surface area contributed by atoms with Crippen LogP contribution < -0.4 is 5.32 Å². The van der Waals surface area contributed by atoms with Crippen molar-refractivity contribution in [2.24, 2.45) is 11.8 Å². The second-order valence-electron chi connectivity index (χ2n) is 5.98. The highest BCUT2D eigenvalue weighted by Crippen LogP contribution is 2.20. The van der Waals surface area contributed by atoms with Crippen LogP contribution in [0.3, 0.4) is 0 Å². The number of piperidine rings is 1. The largest absolute Gasteiger partial charge is 0.348 e. The molecule has 0 spiro atoms. The normalized spacial score (nSPS) is 27.3. The van der Waals surface area contributed by atoms with Gasteiger partial charge in [0.05, 0.1) is 6.54 Å². The minimum atomic E-state index is 0.507. The number of hydrogen-bond donors (Lipinski definition) is 2. The Bertz CT molecular complexity index is 326. The fourth-order valence-corrected chi connectivity index (χ4v) is 3.06. The third-order valence-corrected chi connectivity index (χ3v) is 3.65. The molecule has 1 saturated heterocycles. The van der Waals surface area contributed by atoms with E-state index in [1.54, 1.807) is 6.20 Å². The van der Waals surface area contributed by atoms with E-state index in [4.69, 9.17) is 0 Å². The van der Waals surface area contributed by atoms with E-state index in [1.807, 2.05) is 6.20 Å². The van der Waals surface area contributed by atoms with Crippen LogP contribution >= 0.6 is 0 Å². The van der Waals surface area contributed by atoms with Crippen LogP contribution in [-0.2, 0) is 6.54 Å². The highest BCUT2D eigenvalue weighted by molar-refractivity contribution is 4.87. The first kappa shape index (κ1) is 13.6. The van der Waals surface area contributed by atoms with Crippen molar-refractivity contribution in [2.45, 2.75) is 39.8 Å². The number of nitrogens with zero attached hydrogens (tertiary/aromatic N) is 2. The SMILES string of the molecule is CC1CC(C)CN(CC(C)NCc2ncc[nH]2)C1. The molecule has 18 heavy (non-hydrogen) atoms. The van der Waals surface area contributed by atoms with Crippen LogP contribution in [0.1, 0.15) is 33.0 Å². The van der Waals surface area contributed by atoms with Gasteiger partial charge in [0.25, 0.3) is 0 Å². The monoisotopic (exact) mass is 250 g/mol. The number of nitrogens with one attached hydrogen (secondary N) is 2. The van der Waals surface area contributed by atoms with Gasteiger partial charge in [-0.2, -0.15) is 0 Å². The predicted octanol–water partition coefficient (Wildman–Crippen LogP) is 1.87. The number of hydrogen-bond acceptors (Lipinski definition) is 3. The fourth-order valence-electron chi connectivity index (χ4n) is 3.06. The van der Waals surface area contributed by atoms with E-state index in [0.29, 0.717) is 6.04 Å². The standard InChI is InChI=1S/C14H26N4/c1-11-6-12(2)9-18(8-11)10-13(3)17-7-14-15-4-5-16-14/h4-5,11-13,17H,6-10H2,1-3H3,(H,15,16). The molecule has 0 bridgehead atoms. The summed E-state index contributed by atoms with van der Waals surface area (Å²) < 4.78 is 0. The van der Waals surface area contributed by atoms with Crippen LogP contribution in [0.5, 0.6) is 0 Å². The number of H-pyrrole nitrogens is 1. The summed E-state index contributed by atoms with van der Waals surface area (Å²) in [5.41, 5.74) is 0. The minimum Gasteiger partial charge on any atom is -0.348 e. The summed E-state index contributed by atoms with van der Waals surface area (Å²) in [4.78, 5) is 9.95. The molecule has 1 aliphatic heterocycles. The lowest BCUT2D eigenvalue weighted by molar-refractivity contribution is 0.130. The van der Waals surface area contributed by atoms with Gasteiger partial charge in [0.1, 0.15) is 5.82 Å². The molecule has 4 heteroatoms. The smallest absolute Gasteiger partial charge is 0.120 e. The van der Waals surface area contributed by atoms with Crippen LogP contribution in [0.2, 0.25) is 0 Å². The summed E-state index contributed by atoms with van der Waals surface area (Å²) in [6.07, 6.45) is 5.05. The van der Waals surface area contributed by atoms with E-state index >= 15 is 0 Å². The molecule has 1 aliphatic rings. The molecule has 102 valence electrons. The van der Waals surface area contributed by atoms with E-state index in [2.05, 4.69) is 41.0 Å². The summed E-state index contributed by atoms with van der Waals surface area (Å²) in [7, 11) is 0. The van der Waals surface area contributed by atoms with Crippen molar-refractivity contribution in [1.82, 2.24) is 20.2 Å². The molecule has 2 heterocycles. The summed E-state index contributed by atoms with van der Waals surface area (Å²) in [5, 5.41) is 3.53. The first-order valence-corrected chi connectivity index (χ1v) is 7.07. The number of aromatic nitrogens is 2. The van der Waals surface area contributed by atoms with Crippen molar-refractivity contribution in [3.63, 3.8) is 0 Å². The second-order valence-corrected chi connectivity index (χ2v) is 5.98. The molecule has 1 aromatic rings. The summed E-state index contributed by atoms with van der Waals surface area (Å²) in [6, 6.07) is 0.507. The van der Waals surface area contributed by atoms with Gasteiger partial charge in [0, 0.05) is 38.1 Å². The Morgan fingerprint density at radius 3 is 2.78 bits per heavy atom. The lowest BCUT2D eigenvalue weighted by atomic mass is 9.92. The molecule has 1 aromatic heterocycles. The highest BCUT2D eigenvalue weighted by atomic mass is 15.2. The van der Waals surface area contributed by atoms with Gasteiger partial charge in [0.15, 0.2) is 0 Å². The van der Waals surface area contributed by atoms with E-state index in [0.717, 1.165) is 30.7 Å². The number of rotatable bonds is 5. The first-order valence-electron chi connectivity index (χ1n) is 7.07. The van der Waals surface area contributed by atoms with Crippen molar-refractivity contribution < 1.29 is 0 Å². The van der Waals surface area contributed by atoms with E-state index < -0.39 is 0 Å². The van der Waals surface area contributed by atoms with E-state index in [9.17, 15) is 0 Å². The molecular formula is C14H26N4. The van der Waals surface area contributed by atoms with Crippen molar-refractivity contribution >= 4 is 0 Å². The average Bonchev–Trinajstić information content (AvgIpc) is 2.77. The number of aromatic amines is 1. The van der Waals surface area contributed by atoms with Crippen LogP contribution in [0.4, 0.5) is 0 Å². The molecule has 4 nitrogen and oxygen atoms in total. The molecule has 3 atom stereocenters. The first-order chi connectivity index (χ1) is 8.63. The fraction of sp³-hybridized carbons (Fsp3) is 0.786. The third-order valence-electron chi connectivity index (χ3n) is 3.65. The number of likely N-dealkylation sites (tertiary alicyclic amines) is 1. The van der Waals surface area contributed by atoms with Gasteiger partial charge < -0.3 is 15.2 Å². The van der Waals surface area contributed by atoms with Gasteiger partial charge in [0.2, 0.25) is 0 Å². The van der Waals surface area contributed by atoms with Gasteiger partial charge in [-0.3, -0.25) is 0 Å². The summed E-state index contributed by atoms with van der Waals surface area (Å²) in [6.45, 7) is 11.4. The Morgan fingerprint density at radius 1 is 1.44 bits per heavy atom. The highest BCUT2D eigenvalue weighted by Gasteiger charge is 2.22. The average molecular weight is 250 g/mol. The predicted molar refractivity (Wildman–Crippen MR) is 74.3 cm³/mol. The lowest BCUT2D eigenvalue weighted by Crippen LogP contribution is -2.45. The van der Waals surface area contributed by atoms with Gasteiger partial charge in [-0.05, 0) is 25.2 Å². The topological polar surface area (TPSA) is 44.0 Å². The van der Waals surface area contributed by atoms with Crippen molar-refractivity contribution in [3.05, 3.63) is 18.2 Å². The zero-order valence-corrected chi connectivity index (χ0v) is 11.8. The Hall–Kier alpha value is -0.870. The Morgan fingerprint density at radius 2 is 2.17 bits per heavy atom. The quantitative estimate of drug-likeness (QED) is 0.838. The maximum atomic E-state index is 4.23. The second kappa shape index (κ2) is 6.34. The molecule has 0 radical (unpaired) electrons. The van der Waals surface area contributed by atoms with Crippen LogP contribution in [0.25, 0.3) is 0 Å². The van der Waals surface area contributed by atoms with Gasteiger partial charge >= 0.3 is 0 Å². The maximum absolute atomic E-state index is 4.23. The van der Waals surface area contributed by atoms with Gasteiger partial charge in [-0.1, -0.05) is 13.8 Å². The van der Waals surface area contributed by atoms with Crippen molar-refractivity contribution in [3.8, 4) is 0 Å². The summed E-state index contributed by atoms with van der Waals surface area (Å²) >= 11 is 0. The minimum absolute atomic E-state index is 0.507. The van der Waals surface area contributed by atoms with E-state index in [-0.39, 0.29) is 0 Å². The number of imidazole rings is 1. The Kier molecular flexibility index (Phi) is 4.78. The third kappa shape index (κ3) is 4.10. The molecule has 0 aromatic carbocycles. The molecular weight excluding hydrogens is 224 g/mol. The lowest BCUT2D eigenvalue weighted by Gasteiger charge is -2.36. The maximum Gasteiger partial charge on any atom is 0.120 e. The van der Waals surface area contributed by atoms with Crippen molar-refractivity contribution in [2.75, 3.05) is 19.6 Å². The Balaban J connectivity index is 1.71. The molecule has 2 rings (SSSR count). The zero-order chi connectivity index (χ0) is 13.0. The Labute approximate surface area is 110 Å².